The Bertz CT molecular complexity index is 761. The van der Waals surface area contributed by atoms with E-state index in [9.17, 15) is 10.1 Å². The Morgan fingerprint density at radius 3 is 2.82 bits per heavy atom. The van der Waals surface area contributed by atoms with Crippen molar-refractivity contribution in [1.82, 2.24) is 9.78 Å². The van der Waals surface area contributed by atoms with Crippen molar-refractivity contribution in [2.24, 2.45) is 18.2 Å². The Labute approximate surface area is 128 Å². The molecule has 0 radical (unpaired) electrons. The standard InChI is InChI=1S/C16H18N4O2/c1-16(2)4-11(21)14-12(5-16)22-15(18)10(6-17)13(14)9-7-19-20(3)8-9/h7-8,13H,4-5,18H2,1-3H3/t13-/m1/s1. The Balaban J connectivity index is 2.17. The Morgan fingerprint density at radius 1 is 1.50 bits per heavy atom. The van der Waals surface area contributed by atoms with Crippen molar-refractivity contribution < 1.29 is 9.53 Å². The van der Waals surface area contributed by atoms with Gasteiger partial charge >= 0.3 is 0 Å². The molecule has 6 nitrogen and oxygen atoms in total. The molecule has 0 spiro atoms. The zero-order valence-corrected chi connectivity index (χ0v) is 12.9. The van der Waals surface area contributed by atoms with Crippen LogP contribution in [0.4, 0.5) is 0 Å². The van der Waals surface area contributed by atoms with Crippen LogP contribution < -0.4 is 5.73 Å². The number of aryl methyl sites for hydroxylation is 1. The summed E-state index contributed by atoms with van der Waals surface area (Å²) in [5.41, 5.74) is 7.38. The molecule has 0 saturated heterocycles. The summed E-state index contributed by atoms with van der Waals surface area (Å²) in [7, 11) is 1.79. The van der Waals surface area contributed by atoms with Crippen LogP contribution in [0.1, 0.15) is 38.2 Å². The average Bonchev–Trinajstić information content (AvgIpc) is 2.82. The van der Waals surface area contributed by atoms with Crippen molar-refractivity contribution in [3.05, 3.63) is 40.7 Å². The highest BCUT2D eigenvalue weighted by molar-refractivity contribution is 6.00. The molecule has 0 bridgehead atoms. The first kappa shape index (κ1) is 14.4. The smallest absolute Gasteiger partial charge is 0.205 e. The van der Waals surface area contributed by atoms with Gasteiger partial charge in [-0.25, -0.2) is 0 Å². The number of aromatic nitrogens is 2. The Kier molecular flexibility index (Phi) is 3.10. The van der Waals surface area contributed by atoms with Crippen molar-refractivity contribution in [2.75, 3.05) is 0 Å². The number of ketones is 1. The third-order valence-electron chi connectivity index (χ3n) is 4.13. The van der Waals surface area contributed by atoms with Crippen LogP contribution in [0, 0.1) is 16.7 Å². The van der Waals surface area contributed by atoms with Crippen LogP contribution in [0.3, 0.4) is 0 Å². The van der Waals surface area contributed by atoms with Crippen molar-refractivity contribution in [1.29, 1.82) is 5.26 Å². The summed E-state index contributed by atoms with van der Waals surface area (Å²) < 4.78 is 7.27. The van der Waals surface area contributed by atoms with E-state index in [1.807, 2.05) is 13.8 Å². The molecule has 1 aliphatic carbocycles. The van der Waals surface area contributed by atoms with Crippen molar-refractivity contribution >= 4 is 5.78 Å². The average molecular weight is 298 g/mol. The molecule has 0 amide bonds. The number of allylic oxidation sites excluding steroid dienone is 3. The fourth-order valence-corrected chi connectivity index (χ4v) is 3.21. The van der Waals surface area contributed by atoms with Gasteiger partial charge in [-0.15, -0.1) is 0 Å². The third-order valence-corrected chi connectivity index (χ3v) is 4.13. The molecule has 1 aliphatic heterocycles. The summed E-state index contributed by atoms with van der Waals surface area (Å²) in [5.74, 6) is 0.207. The predicted octanol–water partition coefficient (Wildman–Crippen LogP) is 1.87. The lowest BCUT2D eigenvalue weighted by Gasteiger charge is -2.36. The molecule has 0 aromatic carbocycles. The Hall–Kier alpha value is -2.55. The number of nitrogens with two attached hydrogens (primary N) is 1. The van der Waals surface area contributed by atoms with E-state index in [2.05, 4.69) is 11.2 Å². The van der Waals surface area contributed by atoms with Gasteiger partial charge in [0.15, 0.2) is 5.78 Å². The first-order chi connectivity index (χ1) is 10.3. The number of carbonyl (C=O) groups excluding carboxylic acids is 1. The van der Waals surface area contributed by atoms with Gasteiger partial charge in [-0.2, -0.15) is 10.4 Å². The van der Waals surface area contributed by atoms with Gasteiger partial charge in [0.1, 0.15) is 17.4 Å². The first-order valence-electron chi connectivity index (χ1n) is 7.15. The fraction of sp³-hybridized carbons (Fsp3) is 0.438. The molecule has 0 saturated carbocycles. The molecule has 2 aliphatic rings. The summed E-state index contributed by atoms with van der Waals surface area (Å²) >= 11 is 0. The van der Waals surface area contributed by atoms with E-state index in [0.29, 0.717) is 24.2 Å². The molecule has 2 heterocycles. The van der Waals surface area contributed by atoms with Gasteiger partial charge in [0.05, 0.1) is 12.1 Å². The normalized spacial score (nSPS) is 23.9. The van der Waals surface area contributed by atoms with E-state index in [4.69, 9.17) is 10.5 Å². The highest BCUT2D eigenvalue weighted by Gasteiger charge is 2.43. The monoisotopic (exact) mass is 298 g/mol. The number of nitriles is 1. The van der Waals surface area contributed by atoms with Gasteiger partial charge in [0, 0.05) is 37.2 Å². The topological polar surface area (TPSA) is 93.9 Å². The third kappa shape index (κ3) is 2.19. The zero-order valence-electron chi connectivity index (χ0n) is 12.9. The maximum absolute atomic E-state index is 12.7. The second-order valence-corrected chi connectivity index (χ2v) is 6.65. The van der Waals surface area contributed by atoms with Crippen molar-refractivity contribution in [2.45, 2.75) is 32.6 Å². The van der Waals surface area contributed by atoms with Crippen LogP contribution in [-0.2, 0) is 16.6 Å². The molecule has 1 atom stereocenters. The van der Waals surface area contributed by atoms with E-state index in [1.165, 1.54) is 0 Å². The molecule has 0 unspecified atom stereocenters. The van der Waals surface area contributed by atoms with Gasteiger partial charge in [-0.05, 0) is 5.41 Å². The maximum atomic E-state index is 12.7. The Morgan fingerprint density at radius 2 is 2.23 bits per heavy atom. The van der Waals surface area contributed by atoms with Crippen LogP contribution >= 0.6 is 0 Å². The summed E-state index contributed by atoms with van der Waals surface area (Å²) in [6.45, 7) is 4.05. The van der Waals surface area contributed by atoms with E-state index in [1.54, 1.807) is 24.1 Å². The van der Waals surface area contributed by atoms with Crippen LogP contribution in [0.2, 0.25) is 0 Å². The number of nitrogens with zero attached hydrogens (tertiary/aromatic N) is 3. The molecule has 0 fully saturated rings. The summed E-state index contributed by atoms with van der Waals surface area (Å²) in [6.07, 6.45) is 4.53. The lowest BCUT2D eigenvalue weighted by atomic mass is 9.70. The van der Waals surface area contributed by atoms with E-state index >= 15 is 0 Å². The highest BCUT2D eigenvalue weighted by atomic mass is 16.5. The minimum absolute atomic E-state index is 0.0142. The summed E-state index contributed by atoms with van der Waals surface area (Å²) in [5, 5.41) is 13.6. The molecule has 2 N–H and O–H groups in total. The number of carbonyl (C=O) groups is 1. The fourth-order valence-electron chi connectivity index (χ4n) is 3.21. The number of hydrogen-bond donors (Lipinski definition) is 1. The lowest BCUT2D eigenvalue weighted by molar-refractivity contribution is -0.119. The van der Waals surface area contributed by atoms with Crippen molar-refractivity contribution in [3.63, 3.8) is 0 Å². The SMILES string of the molecule is Cn1cc([C@@H]2C(C#N)=C(N)OC3=C2C(=O)CC(C)(C)C3)cn1. The minimum atomic E-state index is -0.481. The zero-order chi connectivity index (χ0) is 16.1. The first-order valence-corrected chi connectivity index (χ1v) is 7.15. The number of ether oxygens (including phenoxy) is 1. The van der Waals surface area contributed by atoms with Gasteiger partial charge in [-0.3, -0.25) is 9.48 Å². The summed E-state index contributed by atoms with van der Waals surface area (Å²) in [4.78, 5) is 12.7. The molecule has 22 heavy (non-hydrogen) atoms. The number of rotatable bonds is 1. The highest BCUT2D eigenvalue weighted by Crippen LogP contribution is 2.47. The maximum Gasteiger partial charge on any atom is 0.205 e. The summed E-state index contributed by atoms with van der Waals surface area (Å²) in [6, 6.07) is 2.09. The van der Waals surface area contributed by atoms with E-state index in [-0.39, 0.29) is 22.7 Å². The van der Waals surface area contributed by atoms with Crippen LogP contribution in [0.15, 0.2) is 35.2 Å². The molecular weight excluding hydrogens is 280 g/mol. The van der Waals surface area contributed by atoms with Crippen LogP contribution in [0.25, 0.3) is 0 Å². The number of Topliss-reactive ketones (excluding diaryl/α,β-unsaturated/α-hetero) is 1. The van der Waals surface area contributed by atoms with Gasteiger partial charge in [0.25, 0.3) is 0 Å². The molecule has 114 valence electrons. The van der Waals surface area contributed by atoms with Crippen molar-refractivity contribution in [3.8, 4) is 6.07 Å². The van der Waals surface area contributed by atoms with Crippen LogP contribution in [-0.4, -0.2) is 15.6 Å². The molecule has 6 heteroatoms. The molecule has 1 aromatic heterocycles. The van der Waals surface area contributed by atoms with E-state index < -0.39 is 5.92 Å². The van der Waals surface area contributed by atoms with Gasteiger partial charge in [0.2, 0.25) is 5.88 Å². The molecule has 3 rings (SSSR count). The minimum Gasteiger partial charge on any atom is -0.444 e. The van der Waals surface area contributed by atoms with Gasteiger partial charge < -0.3 is 10.5 Å². The van der Waals surface area contributed by atoms with E-state index in [0.717, 1.165) is 5.56 Å². The quantitative estimate of drug-likeness (QED) is 0.854. The van der Waals surface area contributed by atoms with Gasteiger partial charge in [-0.1, -0.05) is 13.8 Å². The predicted molar refractivity (Wildman–Crippen MR) is 78.9 cm³/mol. The largest absolute Gasteiger partial charge is 0.444 e. The second-order valence-electron chi connectivity index (χ2n) is 6.65. The molecular formula is C16H18N4O2. The number of hydrogen-bond acceptors (Lipinski definition) is 5. The second kappa shape index (κ2) is 4.73. The molecule has 1 aromatic rings. The lowest BCUT2D eigenvalue weighted by Crippen LogP contribution is -2.33. The van der Waals surface area contributed by atoms with Crippen LogP contribution in [0.5, 0.6) is 0 Å².